The van der Waals surface area contributed by atoms with E-state index in [0.717, 1.165) is 0 Å². The minimum absolute atomic E-state index is 0.297. The molecule has 1 aliphatic rings. The predicted octanol–water partition coefficient (Wildman–Crippen LogP) is -0.492. The quantitative estimate of drug-likeness (QED) is 0.386. The Kier molecular flexibility index (Phi) is 3.64. The topological polar surface area (TPSA) is 100 Å². The molecule has 2 heterocycles. The molecule has 0 bridgehead atoms. The van der Waals surface area contributed by atoms with Gasteiger partial charge in [-0.25, -0.2) is 4.98 Å². The lowest BCUT2D eigenvalue weighted by Crippen LogP contribution is -2.51. The number of amides is 3. The number of hydrogen-bond acceptors (Lipinski definition) is 4. The molecule has 0 radical (unpaired) electrons. The van der Waals surface area contributed by atoms with Crippen LogP contribution in [0.15, 0.2) is 18.3 Å². The van der Waals surface area contributed by atoms with Crippen LogP contribution in [0.2, 0.25) is 0 Å². The molecule has 1 aromatic heterocycles. The molecular formula is C12H13FN4O3. The Bertz CT molecular complexity index is 578. The van der Waals surface area contributed by atoms with Crippen LogP contribution in [-0.2, 0) is 9.59 Å². The molecule has 0 spiro atoms. The van der Waals surface area contributed by atoms with Crippen LogP contribution in [0.3, 0.4) is 0 Å². The van der Waals surface area contributed by atoms with E-state index in [9.17, 15) is 18.8 Å². The normalized spacial score (nSPS) is 21.2. The zero-order chi connectivity index (χ0) is 14.8. The summed E-state index contributed by atoms with van der Waals surface area (Å²) >= 11 is 0. The first kappa shape index (κ1) is 13.9. The second-order valence-corrected chi connectivity index (χ2v) is 4.59. The van der Waals surface area contributed by atoms with Gasteiger partial charge in [-0.15, -0.1) is 0 Å². The summed E-state index contributed by atoms with van der Waals surface area (Å²) < 4.78 is 13.3. The van der Waals surface area contributed by atoms with E-state index in [1.165, 1.54) is 25.3 Å². The van der Waals surface area contributed by atoms with Crippen LogP contribution in [-0.4, -0.2) is 29.3 Å². The highest BCUT2D eigenvalue weighted by Crippen LogP contribution is 2.25. The summed E-state index contributed by atoms with van der Waals surface area (Å²) in [7, 11) is 0. The molecule has 0 aliphatic carbocycles. The first-order chi connectivity index (χ1) is 9.45. The van der Waals surface area contributed by atoms with Gasteiger partial charge in [0.05, 0.1) is 5.56 Å². The second kappa shape index (κ2) is 5.24. The number of nitrogens with zero attached hydrogens (tertiary/aromatic N) is 1. The van der Waals surface area contributed by atoms with Crippen molar-refractivity contribution in [1.29, 1.82) is 0 Å². The molecule has 106 valence electrons. The van der Waals surface area contributed by atoms with E-state index in [4.69, 9.17) is 0 Å². The molecule has 7 nitrogen and oxygen atoms in total. The van der Waals surface area contributed by atoms with Crippen LogP contribution in [0.25, 0.3) is 0 Å². The van der Waals surface area contributed by atoms with Crippen LogP contribution in [0, 0.1) is 11.4 Å². The molecule has 8 heteroatoms. The third-order valence-corrected chi connectivity index (χ3v) is 3.21. The lowest BCUT2D eigenvalue weighted by Gasteiger charge is -2.19. The minimum Gasteiger partial charge on any atom is -0.355 e. The number of nitrogens with one attached hydrogen (secondary N) is 3. The maximum atomic E-state index is 13.3. The summed E-state index contributed by atoms with van der Waals surface area (Å²) in [5, 5.41) is 2.54. The Morgan fingerprint density at radius 3 is 2.80 bits per heavy atom. The van der Waals surface area contributed by atoms with Crippen molar-refractivity contribution in [3.8, 4) is 0 Å². The van der Waals surface area contributed by atoms with Crippen molar-refractivity contribution in [2.24, 2.45) is 5.41 Å². The Morgan fingerprint density at radius 1 is 1.45 bits per heavy atom. The van der Waals surface area contributed by atoms with E-state index in [1.807, 2.05) is 0 Å². The van der Waals surface area contributed by atoms with Crippen molar-refractivity contribution in [3.05, 3.63) is 29.8 Å². The van der Waals surface area contributed by atoms with Gasteiger partial charge in [0.15, 0.2) is 0 Å². The van der Waals surface area contributed by atoms with Crippen molar-refractivity contribution in [2.75, 3.05) is 6.54 Å². The average molecular weight is 280 g/mol. The first-order valence-electron chi connectivity index (χ1n) is 5.95. The van der Waals surface area contributed by atoms with Gasteiger partial charge in [0.1, 0.15) is 5.41 Å². The van der Waals surface area contributed by atoms with Gasteiger partial charge in [-0.05, 0) is 25.5 Å². The van der Waals surface area contributed by atoms with Crippen LogP contribution >= 0.6 is 0 Å². The van der Waals surface area contributed by atoms with E-state index < -0.39 is 29.1 Å². The van der Waals surface area contributed by atoms with Gasteiger partial charge >= 0.3 is 0 Å². The summed E-state index contributed by atoms with van der Waals surface area (Å²) in [6.45, 7) is 1.87. The van der Waals surface area contributed by atoms with Crippen molar-refractivity contribution < 1.29 is 18.8 Å². The fourth-order valence-corrected chi connectivity index (χ4v) is 1.83. The molecule has 0 aromatic carbocycles. The van der Waals surface area contributed by atoms with Gasteiger partial charge in [0, 0.05) is 12.7 Å². The van der Waals surface area contributed by atoms with Gasteiger partial charge in [-0.2, -0.15) is 4.39 Å². The summed E-state index contributed by atoms with van der Waals surface area (Å²) in [6, 6.07) is 2.62. The van der Waals surface area contributed by atoms with Gasteiger partial charge in [0.25, 0.3) is 11.8 Å². The molecular weight excluding hydrogens is 267 g/mol. The fraction of sp³-hybridized carbons (Fsp3) is 0.333. The van der Waals surface area contributed by atoms with Crippen LogP contribution in [0.1, 0.15) is 23.7 Å². The highest BCUT2D eigenvalue weighted by Gasteiger charge is 2.44. The molecule has 1 saturated heterocycles. The number of carbonyl (C=O) groups is 3. The maximum absolute atomic E-state index is 13.3. The Labute approximate surface area is 113 Å². The summed E-state index contributed by atoms with van der Waals surface area (Å²) in [4.78, 5) is 38.4. The molecule has 1 aliphatic heterocycles. The van der Waals surface area contributed by atoms with Crippen molar-refractivity contribution >= 4 is 17.7 Å². The third kappa shape index (κ3) is 2.44. The molecule has 1 atom stereocenters. The number of pyridine rings is 1. The SMILES string of the molecule is CC1(C(=O)NNC(=O)c2cccnc2F)CCNC1=O. The zero-order valence-electron chi connectivity index (χ0n) is 10.7. The number of hydrogen-bond donors (Lipinski definition) is 3. The van der Waals surface area contributed by atoms with Crippen LogP contribution in [0.4, 0.5) is 4.39 Å². The number of aromatic nitrogens is 1. The van der Waals surface area contributed by atoms with Crippen LogP contribution < -0.4 is 16.2 Å². The van der Waals surface area contributed by atoms with E-state index in [0.29, 0.717) is 13.0 Å². The average Bonchev–Trinajstić information content (AvgIpc) is 2.77. The van der Waals surface area contributed by atoms with E-state index in [1.54, 1.807) is 0 Å². The Morgan fingerprint density at radius 2 is 2.20 bits per heavy atom. The molecule has 1 fully saturated rings. The molecule has 2 rings (SSSR count). The summed E-state index contributed by atoms with van der Waals surface area (Å²) in [5.74, 6) is -2.84. The maximum Gasteiger partial charge on any atom is 0.274 e. The lowest BCUT2D eigenvalue weighted by molar-refractivity contribution is -0.140. The van der Waals surface area contributed by atoms with Crippen molar-refractivity contribution in [2.45, 2.75) is 13.3 Å². The van der Waals surface area contributed by atoms with Gasteiger partial charge < -0.3 is 5.32 Å². The molecule has 3 N–H and O–H groups in total. The van der Waals surface area contributed by atoms with E-state index in [-0.39, 0.29) is 5.56 Å². The summed E-state index contributed by atoms with van der Waals surface area (Å²) in [6.07, 6.45) is 1.53. The Hall–Kier alpha value is -2.51. The number of rotatable bonds is 2. The molecule has 0 saturated carbocycles. The van der Waals surface area contributed by atoms with Gasteiger partial charge in [-0.1, -0.05) is 0 Å². The van der Waals surface area contributed by atoms with Crippen molar-refractivity contribution in [3.63, 3.8) is 0 Å². The number of halogens is 1. The fourth-order valence-electron chi connectivity index (χ4n) is 1.83. The second-order valence-electron chi connectivity index (χ2n) is 4.59. The predicted molar refractivity (Wildman–Crippen MR) is 65.5 cm³/mol. The molecule has 3 amide bonds. The first-order valence-corrected chi connectivity index (χ1v) is 5.95. The summed E-state index contributed by atoms with van der Waals surface area (Å²) in [5.41, 5.74) is 2.66. The third-order valence-electron chi connectivity index (χ3n) is 3.21. The van der Waals surface area contributed by atoms with Gasteiger partial charge in [-0.3, -0.25) is 25.2 Å². The van der Waals surface area contributed by atoms with Gasteiger partial charge in [0.2, 0.25) is 11.9 Å². The monoisotopic (exact) mass is 280 g/mol. The standard InChI is InChI=1S/C12H13FN4O3/c1-12(4-6-15-10(12)19)11(20)17-16-9(18)7-3-2-5-14-8(7)13/h2-3,5H,4,6H2,1H3,(H,15,19)(H,16,18)(H,17,20). The highest BCUT2D eigenvalue weighted by atomic mass is 19.1. The number of hydrazine groups is 1. The highest BCUT2D eigenvalue weighted by molar-refractivity contribution is 6.06. The van der Waals surface area contributed by atoms with E-state index >= 15 is 0 Å². The largest absolute Gasteiger partial charge is 0.355 e. The van der Waals surface area contributed by atoms with E-state index in [2.05, 4.69) is 21.2 Å². The molecule has 20 heavy (non-hydrogen) atoms. The zero-order valence-corrected chi connectivity index (χ0v) is 10.7. The minimum atomic E-state index is -1.24. The van der Waals surface area contributed by atoms with Crippen molar-refractivity contribution in [1.82, 2.24) is 21.2 Å². The molecule has 1 aromatic rings. The lowest BCUT2D eigenvalue weighted by atomic mass is 9.88. The smallest absolute Gasteiger partial charge is 0.274 e. The number of carbonyl (C=O) groups excluding carboxylic acids is 3. The molecule has 1 unspecified atom stereocenters. The van der Waals surface area contributed by atoms with Crippen LogP contribution in [0.5, 0.6) is 0 Å². The Balaban J connectivity index is 1.99.